The molecule has 1 heterocycles. The van der Waals surface area contributed by atoms with Gasteiger partial charge in [-0.05, 0) is 50.3 Å². The van der Waals surface area contributed by atoms with E-state index in [2.05, 4.69) is 48.5 Å². The molecule has 8 nitrogen and oxygen atoms in total. The predicted molar refractivity (Wildman–Crippen MR) is 129 cm³/mol. The fraction of sp³-hybridized carbons (Fsp3) is 0.333. The Hall–Kier alpha value is -3.01. The van der Waals surface area contributed by atoms with Gasteiger partial charge < -0.3 is 30.4 Å². The number of benzene rings is 2. The van der Waals surface area contributed by atoms with Crippen molar-refractivity contribution in [3.63, 3.8) is 0 Å². The fourth-order valence-corrected chi connectivity index (χ4v) is 3.74. The van der Waals surface area contributed by atoms with Crippen LogP contribution in [-0.4, -0.2) is 63.3 Å². The molecule has 2 aromatic carbocycles. The summed E-state index contributed by atoms with van der Waals surface area (Å²) in [4.78, 5) is 22.6. The minimum absolute atomic E-state index is 0.136. The number of carbonyl (C=O) groups is 2. The number of aromatic nitrogens is 1. The Kier molecular flexibility index (Phi) is 9.77. The topological polar surface area (TPSA) is 132 Å². The maximum atomic E-state index is 10.3. The summed E-state index contributed by atoms with van der Waals surface area (Å²) in [6.45, 7) is 5.07. The first-order valence-electron chi connectivity index (χ1n) is 10.3. The summed E-state index contributed by atoms with van der Waals surface area (Å²) in [7, 11) is 0. The minimum atomic E-state index is -1.82. The smallest absolute Gasteiger partial charge is 0.414 e. The van der Waals surface area contributed by atoms with Crippen LogP contribution in [0.5, 0.6) is 5.75 Å². The van der Waals surface area contributed by atoms with Crippen molar-refractivity contribution in [2.45, 2.75) is 36.8 Å². The fourth-order valence-electron chi connectivity index (χ4n) is 3.19. The highest BCUT2D eigenvalue weighted by Gasteiger charge is 2.21. The molecule has 0 spiro atoms. The van der Waals surface area contributed by atoms with E-state index in [0.29, 0.717) is 6.54 Å². The van der Waals surface area contributed by atoms with Crippen molar-refractivity contribution in [2.75, 3.05) is 19.4 Å². The lowest BCUT2D eigenvalue weighted by atomic mass is 9.94. The van der Waals surface area contributed by atoms with Crippen LogP contribution in [0.3, 0.4) is 0 Å². The van der Waals surface area contributed by atoms with Gasteiger partial charge in [0, 0.05) is 34.1 Å². The van der Waals surface area contributed by atoms with Crippen molar-refractivity contribution in [1.29, 1.82) is 0 Å². The van der Waals surface area contributed by atoms with Crippen LogP contribution in [0.1, 0.15) is 19.4 Å². The number of hydrogen-bond acceptors (Lipinski definition) is 6. The number of thioether (sulfide) groups is 1. The Morgan fingerprint density at radius 3 is 2.39 bits per heavy atom. The van der Waals surface area contributed by atoms with Crippen LogP contribution in [0, 0.1) is 0 Å². The summed E-state index contributed by atoms with van der Waals surface area (Å²) < 4.78 is 5.80. The second-order valence-corrected chi connectivity index (χ2v) is 8.88. The standard InChI is InChI=1S/C22H28N2O2S.C2H2O4/c1-22(2,12-16-13-23-19-9-5-4-8-18(16)19)24-14-17(25)15-26-20-10-6-7-11-21(20)27-3;3-1(4)2(5)6/h4-11,13,17,23-25H,12,14-15H2,1-3H3;(H,3,4)(H,5,6). The molecule has 3 aromatic rings. The zero-order valence-electron chi connectivity index (χ0n) is 18.9. The van der Waals surface area contributed by atoms with Gasteiger partial charge in [-0.15, -0.1) is 11.8 Å². The molecule has 0 bridgehead atoms. The van der Waals surface area contributed by atoms with E-state index in [9.17, 15) is 5.11 Å². The molecule has 1 unspecified atom stereocenters. The number of aromatic amines is 1. The third-order valence-electron chi connectivity index (χ3n) is 4.81. The molecule has 0 radical (unpaired) electrons. The minimum Gasteiger partial charge on any atom is -0.490 e. The van der Waals surface area contributed by atoms with Crippen molar-refractivity contribution in [3.8, 4) is 5.75 Å². The maximum absolute atomic E-state index is 10.3. The van der Waals surface area contributed by atoms with E-state index in [0.717, 1.165) is 22.6 Å². The highest BCUT2D eigenvalue weighted by molar-refractivity contribution is 7.98. The van der Waals surface area contributed by atoms with Gasteiger partial charge in [0.2, 0.25) is 0 Å². The summed E-state index contributed by atoms with van der Waals surface area (Å²) >= 11 is 1.64. The molecule has 9 heteroatoms. The Balaban J connectivity index is 0.000000569. The first-order valence-corrected chi connectivity index (χ1v) is 11.6. The van der Waals surface area contributed by atoms with E-state index in [-0.39, 0.29) is 12.1 Å². The molecular formula is C24H30N2O6S. The average Bonchev–Trinajstić information content (AvgIpc) is 3.19. The van der Waals surface area contributed by atoms with Crippen molar-refractivity contribution in [1.82, 2.24) is 10.3 Å². The Labute approximate surface area is 197 Å². The normalized spacial score (nSPS) is 12.0. The Bertz CT molecular complexity index is 1050. The van der Waals surface area contributed by atoms with Gasteiger partial charge in [0.15, 0.2) is 0 Å². The van der Waals surface area contributed by atoms with Gasteiger partial charge in [-0.3, -0.25) is 0 Å². The zero-order valence-corrected chi connectivity index (χ0v) is 19.7. The molecule has 0 amide bonds. The number of hydrogen-bond donors (Lipinski definition) is 5. The molecule has 0 aliphatic heterocycles. The largest absolute Gasteiger partial charge is 0.490 e. The molecule has 0 aliphatic rings. The van der Waals surface area contributed by atoms with Gasteiger partial charge in [0.1, 0.15) is 18.5 Å². The Morgan fingerprint density at radius 2 is 1.73 bits per heavy atom. The van der Waals surface area contributed by atoms with Crippen molar-refractivity contribution < 1.29 is 29.6 Å². The first-order chi connectivity index (χ1) is 15.6. The third-order valence-corrected chi connectivity index (χ3v) is 5.58. The second kappa shape index (κ2) is 12.3. The molecule has 5 N–H and O–H groups in total. The van der Waals surface area contributed by atoms with Gasteiger partial charge in [0.05, 0.1) is 0 Å². The monoisotopic (exact) mass is 474 g/mol. The lowest BCUT2D eigenvalue weighted by Crippen LogP contribution is -2.46. The first kappa shape index (κ1) is 26.2. The number of aliphatic hydroxyl groups excluding tert-OH is 1. The number of carboxylic acids is 2. The summed E-state index contributed by atoms with van der Waals surface area (Å²) in [6, 6.07) is 16.2. The number of nitrogens with one attached hydrogen (secondary N) is 2. The number of fused-ring (bicyclic) bond motifs is 1. The number of aliphatic hydroxyl groups is 1. The number of para-hydroxylation sites is 2. The summed E-state index contributed by atoms with van der Waals surface area (Å²) in [6.07, 6.45) is 4.41. The number of H-pyrrole nitrogens is 1. The average molecular weight is 475 g/mol. The molecular weight excluding hydrogens is 444 g/mol. The number of aliphatic carboxylic acids is 2. The predicted octanol–water partition coefficient (Wildman–Crippen LogP) is 3.40. The van der Waals surface area contributed by atoms with Crippen LogP contribution < -0.4 is 10.1 Å². The van der Waals surface area contributed by atoms with Gasteiger partial charge in [-0.25, -0.2) is 9.59 Å². The van der Waals surface area contributed by atoms with Gasteiger partial charge in [-0.2, -0.15) is 0 Å². The zero-order chi connectivity index (χ0) is 24.4. The van der Waals surface area contributed by atoms with E-state index < -0.39 is 18.0 Å². The molecule has 0 saturated heterocycles. The van der Waals surface area contributed by atoms with Gasteiger partial charge in [0.25, 0.3) is 0 Å². The molecule has 0 saturated carbocycles. The lowest BCUT2D eigenvalue weighted by molar-refractivity contribution is -0.159. The third kappa shape index (κ3) is 8.45. The number of rotatable bonds is 9. The van der Waals surface area contributed by atoms with E-state index in [1.165, 1.54) is 10.9 Å². The van der Waals surface area contributed by atoms with E-state index in [1.54, 1.807) is 11.8 Å². The molecule has 178 valence electrons. The van der Waals surface area contributed by atoms with Crippen LogP contribution >= 0.6 is 11.8 Å². The van der Waals surface area contributed by atoms with Crippen molar-refractivity contribution in [2.24, 2.45) is 0 Å². The van der Waals surface area contributed by atoms with Crippen LogP contribution in [0.25, 0.3) is 10.9 Å². The molecule has 1 aromatic heterocycles. The van der Waals surface area contributed by atoms with Crippen LogP contribution in [0.4, 0.5) is 0 Å². The summed E-state index contributed by atoms with van der Waals surface area (Å²) in [5.41, 5.74) is 2.30. The van der Waals surface area contributed by atoms with Gasteiger partial charge >= 0.3 is 11.9 Å². The van der Waals surface area contributed by atoms with E-state index >= 15 is 0 Å². The highest BCUT2D eigenvalue weighted by atomic mass is 32.2. The molecule has 0 fully saturated rings. The van der Waals surface area contributed by atoms with Crippen LogP contribution in [0.2, 0.25) is 0 Å². The van der Waals surface area contributed by atoms with Crippen LogP contribution in [-0.2, 0) is 16.0 Å². The number of ether oxygens (including phenoxy) is 1. The van der Waals surface area contributed by atoms with Crippen molar-refractivity contribution >= 4 is 34.6 Å². The molecule has 0 aliphatic carbocycles. The van der Waals surface area contributed by atoms with E-state index in [4.69, 9.17) is 24.5 Å². The Morgan fingerprint density at radius 1 is 1.09 bits per heavy atom. The molecule has 3 rings (SSSR count). The quantitative estimate of drug-likeness (QED) is 0.236. The van der Waals surface area contributed by atoms with E-state index in [1.807, 2.05) is 36.6 Å². The lowest BCUT2D eigenvalue weighted by Gasteiger charge is -2.28. The molecule has 33 heavy (non-hydrogen) atoms. The van der Waals surface area contributed by atoms with Crippen LogP contribution in [0.15, 0.2) is 59.6 Å². The van der Waals surface area contributed by atoms with Crippen molar-refractivity contribution in [3.05, 3.63) is 60.3 Å². The summed E-state index contributed by atoms with van der Waals surface area (Å²) in [5, 5.41) is 29.8. The SMILES string of the molecule is CSc1ccccc1OCC(O)CNC(C)(C)Cc1c[nH]c2ccccc12.O=C(O)C(=O)O. The summed E-state index contributed by atoms with van der Waals surface area (Å²) in [5.74, 6) is -2.83. The maximum Gasteiger partial charge on any atom is 0.414 e. The van der Waals surface area contributed by atoms with Gasteiger partial charge in [-0.1, -0.05) is 30.3 Å². The second-order valence-electron chi connectivity index (χ2n) is 8.03. The highest BCUT2D eigenvalue weighted by Crippen LogP contribution is 2.27. The number of carboxylic acid groups (broad SMARTS) is 2. The molecule has 1 atom stereocenters. The number of β-amino-alcohol motifs (C(OH)–C–C–N with tert-alkyl or cyclic N) is 1.